The number of aliphatic hydroxyl groups is 1. The van der Waals surface area contributed by atoms with Gasteiger partial charge in [-0.3, -0.25) is 0 Å². The molecule has 0 amide bonds. The molecule has 3 aromatic heterocycles. The van der Waals surface area contributed by atoms with E-state index in [1.54, 1.807) is 29.1 Å². The van der Waals surface area contributed by atoms with Crippen LogP contribution in [-0.4, -0.2) is 63.9 Å². The number of imidazole rings is 1. The minimum absolute atomic E-state index is 0.0585. The van der Waals surface area contributed by atoms with E-state index in [9.17, 15) is 13.5 Å². The lowest BCUT2D eigenvalue weighted by atomic mass is 9.92. The van der Waals surface area contributed by atoms with E-state index < -0.39 is 16.3 Å². The Morgan fingerprint density at radius 2 is 1.86 bits per heavy atom. The molecule has 7 rings (SSSR count). The summed E-state index contributed by atoms with van der Waals surface area (Å²) in [4.78, 5) is 20.8. The maximum atomic E-state index is 13.2. The number of hydrogen-bond acceptors (Lipinski definition) is 9. The van der Waals surface area contributed by atoms with Gasteiger partial charge in [-0.25, -0.2) is 28.4 Å². The van der Waals surface area contributed by atoms with E-state index in [0.29, 0.717) is 22.5 Å². The summed E-state index contributed by atoms with van der Waals surface area (Å²) in [5.74, 6) is 2.16. The first-order valence-electron chi connectivity index (χ1n) is 14.3. The van der Waals surface area contributed by atoms with Crippen molar-refractivity contribution in [3.63, 3.8) is 0 Å². The lowest BCUT2D eigenvalue weighted by molar-refractivity contribution is 0.144. The molecule has 2 aromatic carbocycles. The van der Waals surface area contributed by atoms with Gasteiger partial charge >= 0.3 is 0 Å². The lowest BCUT2D eigenvalue weighted by Crippen LogP contribution is -2.37. The average molecular weight is 585 g/mol. The molecular weight excluding hydrogens is 552 g/mol. The fourth-order valence-corrected chi connectivity index (χ4v) is 7.38. The summed E-state index contributed by atoms with van der Waals surface area (Å²) < 4.78 is 30.4. The second-order valence-electron chi connectivity index (χ2n) is 10.9. The second kappa shape index (κ2) is 10.9. The Bertz CT molecular complexity index is 1860. The summed E-state index contributed by atoms with van der Waals surface area (Å²) >= 11 is 0. The van der Waals surface area contributed by atoms with Crippen LogP contribution in [0.2, 0.25) is 0 Å². The summed E-state index contributed by atoms with van der Waals surface area (Å²) in [5.41, 5.74) is 3.59. The van der Waals surface area contributed by atoms with Crippen LogP contribution in [-0.2, 0) is 23.0 Å². The normalized spacial score (nSPS) is 16.8. The molecule has 1 atom stereocenters. The number of aryl methyl sites for hydroxylation is 1. The molecule has 1 unspecified atom stereocenters. The van der Waals surface area contributed by atoms with Crippen molar-refractivity contribution in [1.82, 2.24) is 29.2 Å². The lowest BCUT2D eigenvalue weighted by Gasteiger charge is -2.33. The molecule has 2 aliphatic rings. The molecule has 3 N–H and O–H groups in total. The highest BCUT2D eigenvalue weighted by molar-refractivity contribution is 7.89. The number of hydrogen-bond donors (Lipinski definition) is 3. The van der Waals surface area contributed by atoms with Crippen molar-refractivity contribution in [2.75, 3.05) is 29.9 Å². The van der Waals surface area contributed by atoms with Gasteiger partial charge in [0.05, 0.1) is 17.8 Å². The van der Waals surface area contributed by atoms with Crippen LogP contribution < -0.4 is 14.9 Å². The summed E-state index contributed by atoms with van der Waals surface area (Å²) in [5, 5.41) is 15.6. The van der Waals surface area contributed by atoms with Crippen molar-refractivity contribution < 1.29 is 13.5 Å². The van der Waals surface area contributed by atoms with Gasteiger partial charge in [-0.1, -0.05) is 42.5 Å². The van der Waals surface area contributed by atoms with Crippen LogP contribution in [0.5, 0.6) is 0 Å². The number of pyridine rings is 1. The van der Waals surface area contributed by atoms with E-state index in [2.05, 4.69) is 42.0 Å². The second-order valence-corrected chi connectivity index (χ2v) is 12.6. The van der Waals surface area contributed by atoms with Crippen LogP contribution in [0, 0.1) is 0 Å². The van der Waals surface area contributed by atoms with Gasteiger partial charge < -0.3 is 19.9 Å². The molecular formula is C30H32N8O3S. The Labute approximate surface area is 243 Å². The topological polar surface area (TPSA) is 138 Å². The standard InChI is InChI=1S/C30H32N8O3S/c39-26(36-42(40,41)25-9-3-6-20-5-1-2-8-23(20)25)17-38-19-34-27-29(32-18-33-30(27)38)37-15-12-21(13-16-37)24-11-10-22-7-4-14-31-28(22)35-24/h1-3,5-6,8-11,18-19,21,26,36,39H,4,7,12-17H2,(H,31,35). The molecule has 0 spiro atoms. The molecule has 42 heavy (non-hydrogen) atoms. The fraction of sp³-hybridized carbons (Fsp3) is 0.333. The number of sulfonamides is 1. The molecule has 11 nitrogen and oxygen atoms in total. The van der Waals surface area contributed by atoms with Crippen LogP contribution in [0.4, 0.5) is 11.6 Å². The van der Waals surface area contributed by atoms with Crippen molar-refractivity contribution >= 4 is 43.6 Å². The van der Waals surface area contributed by atoms with Gasteiger partial charge in [-0.2, -0.15) is 4.72 Å². The summed E-state index contributed by atoms with van der Waals surface area (Å²) in [7, 11) is -3.99. The highest BCUT2D eigenvalue weighted by atomic mass is 32.2. The molecule has 5 heterocycles. The maximum absolute atomic E-state index is 13.2. The van der Waals surface area contributed by atoms with Gasteiger partial charge in [0.15, 0.2) is 17.0 Å². The first-order valence-corrected chi connectivity index (χ1v) is 15.8. The van der Waals surface area contributed by atoms with Crippen LogP contribution >= 0.6 is 0 Å². The Morgan fingerprint density at radius 3 is 2.74 bits per heavy atom. The zero-order valence-corrected chi connectivity index (χ0v) is 23.8. The van der Waals surface area contributed by atoms with Crippen molar-refractivity contribution in [2.24, 2.45) is 0 Å². The quantitative estimate of drug-likeness (QED) is 0.246. The molecule has 0 aliphatic carbocycles. The third-order valence-electron chi connectivity index (χ3n) is 8.21. The maximum Gasteiger partial charge on any atom is 0.243 e. The minimum atomic E-state index is -3.99. The van der Waals surface area contributed by atoms with Gasteiger partial charge in [-0.05, 0) is 48.8 Å². The fourth-order valence-electron chi connectivity index (χ4n) is 6.09. The van der Waals surface area contributed by atoms with Crippen LogP contribution in [0.1, 0.15) is 36.4 Å². The van der Waals surface area contributed by atoms with Crippen LogP contribution in [0.3, 0.4) is 0 Å². The van der Waals surface area contributed by atoms with E-state index in [1.165, 1.54) is 18.0 Å². The molecule has 0 bridgehead atoms. The molecule has 12 heteroatoms. The molecule has 5 aromatic rings. The molecule has 1 fully saturated rings. The van der Waals surface area contributed by atoms with E-state index in [4.69, 9.17) is 4.98 Å². The molecule has 0 saturated carbocycles. The third-order valence-corrected chi connectivity index (χ3v) is 9.73. The Morgan fingerprint density at radius 1 is 1.02 bits per heavy atom. The Hall–Kier alpha value is -4.13. The van der Waals surface area contributed by atoms with Crippen molar-refractivity contribution in [3.8, 4) is 0 Å². The minimum Gasteiger partial charge on any atom is -0.376 e. The van der Waals surface area contributed by atoms with Gasteiger partial charge in [0.1, 0.15) is 18.4 Å². The monoisotopic (exact) mass is 584 g/mol. The smallest absolute Gasteiger partial charge is 0.243 e. The molecule has 0 radical (unpaired) electrons. The number of fused-ring (bicyclic) bond motifs is 3. The van der Waals surface area contributed by atoms with Crippen molar-refractivity contribution in [2.45, 2.75) is 49.3 Å². The van der Waals surface area contributed by atoms with Gasteiger partial charge in [-0.15, -0.1) is 0 Å². The first kappa shape index (κ1) is 26.7. The van der Waals surface area contributed by atoms with Crippen molar-refractivity contribution in [3.05, 3.63) is 78.5 Å². The number of nitrogens with zero attached hydrogens (tertiary/aromatic N) is 6. The SMILES string of the molecule is O=S(=O)(NC(O)Cn1cnc2c(N3CCC(c4ccc5c(n4)NCCC5)CC3)ncnc21)c1cccc2ccccc12. The summed E-state index contributed by atoms with van der Waals surface area (Å²) in [6, 6.07) is 16.7. The number of aromatic nitrogens is 5. The zero-order chi connectivity index (χ0) is 28.7. The largest absolute Gasteiger partial charge is 0.376 e. The van der Waals surface area contributed by atoms with Gasteiger partial charge in [0, 0.05) is 36.6 Å². The number of benzene rings is 2. The van der Waals surface area contributed by atoms with E-state index in [-0.39, 0.29) is 11.4 Å². The molecule has 2 aliphatic heterocycles. The van der Waals surface area contributed by atoms with Gasteiger partial charge in [0.2, 0.25) is 10.0 Å². The number of piperidine rings is 1. The average Bonchev–Trinajstić information content (AvgIpc) is 3.43. The van der Waals surface area contributed by atoms with Gasteiger partial charge in [0.25, 0.3) is 0 Å². The zero-order valence-electron chi connectivity index (χ0n) is 23.0. The number of rotatable bonds is 7. The highest BCUT2D eigenvalue weighted by Gasteiger charge is 2.27. The number of aliphatic hydroxyl groups excluding tert-OH is 1. The predicted octanol–water partition coefficient (Wildman–Crippen LogP) is 3.41. The van der Waals surface area contributed by atoms with E-state index in [1.807, 2.05) is 18.2 Å². The van der Waals surface area contributed by atoms with Crippen molar-refractivity contribution in [1.29, 1.82) is 0 Å². The van der Waals surface area contributed by atoms with E-state index in [0.717, 1.165) is 68.0 Å². The van der Waals surface area contributed by atoms with Crippen LogP contribution in [0.15, 0.2) is 72.1 Å². The predicted molar refractivity (Wildman–Crippen MR) is 161 cm³/mol. The first-order chi connectivity index (χ1) is 20.5. The summed E-state index contributed by atoms with van der Waals surface area (Å²) in [6.45, 7) is 2.54. The molecule has 216 valence electrons. The van der Waals surface area contributed by atoms with Crippen LogP contribution in [0.25, 0.3) is 21.9 Å². The number of anilines is 2. The third kappa shape index (κ3) is 5.06. The molecule has 1 saturated heterocycles. The Balaban J connectivity index is 1.05. The highest BCUT2D eigenvalue weighted by Crippen LogP contribution is 2.33. The Kier molecular flexibility index (Phi) is 6.96. The summed E-state index contributed by atoms with van der Waals surface area (Å²) in [6.07, 6.45) is 5.80. The van der Waals surface area contributed by atoms with E-state index >= 15 is 0 Å². The number of nitrogens with one attached hydrogen (secondary N) is 2.